The number of nitrogens with zero attached hydrogens (tertiary/aromatic N) is 1. The van der Waals surface area contributed by atoms with Gasteiger partial charge in [-0.15, -0.1) is 0 Å². The zero-order valence-electron chi connectivity index (χ0n) is 9.31. The lowest BCUT2D eigenvalue weighted by molar-refractivity contribution is 0.297. The van der Waals surface area contributed by atoms with E-state index in [2.05, 4.69) is 5.16 Å². The van der Waals surface area contributed by atoms with E-state index in [1.165, 1.54) is 12.8 Å². The van der Waals surface area contributed by atoms with Crippen LogP contribution < -0.4 is 10.5 Å². The number of hydrogen-bond donors (Lipinski definition) is 2. The Hall–Kier alpha value is -1.71. The number of ether oxygens (including phenoxy) is 1. The molecule has 0 aromatic heterocycles. The Kier molecular flexibility index (Phi) is 2.99. The van der Waals surface area contributed by atoms with Crippen molar-refractivity contribution in [2.24, 2.45) is 16.8 Å². The first-order valence-electron chi connectivity index (χ1n) is 5.42. The highest BCUT2D eigenvalue weighted by molar-refractivity contribution is 5.97. The van der Waals surface area contributed by atoms with E-state index in [4.69, 9.17) is 15.7 Å². The van der Waals surface area contributed by atoms with Crippen molar-refractivity contribution in [2.45, 2.75) is 19.8 Å². The number of amidine groups is 1. The van der Waals surface area contributed by atoms with Crippen LogP contribution in [0.3, 0.4) is 0 Å². The van der Waals surface area contributed by atoms with Gasteiger partial charge in [0.2, 0.25) is 0 Å². The first-order valence-corrected chi connectivity index (χ1v) is 5.42. The van der Waals surface area contributed by atoms with Crippen molar-refractivity contribution in [3.63, 3.8) is 0 Å². The number of hydrogen-bond acceptors (Lipinski definition) is 3. The average molecular weight is 220 g/mol. The third kappa shape index (κ3) is 2.45. The van der Waals surface area contributed by atoms with E-state index < -0.39 is 0 Å². The van der Waals surface area contributed by atoms with Crippen LogP contribution in [0.15, 0.2) is 23.4 Å². The summed E-state index contributed by atoms with van der Waals surface area (Å²) in [6, 6.07) is 5.54. The second-order valence-corrected chi connectivity index (χ2v) is 4.22. The first kappa shape index (κ1) is 10.8. The van der Waals surface area contributed by atoms with E-state index in [9.17, 15) is 0 Å². The Labute approximate surface area is 94.7 Å². The second kappa shape index (κ2) is 4.43. The van der Waals surface area contributed by atoms with E-state index in [1.807, 2.05) is 25.1 Å². The molecule has 0 amide bonds. The minimum atomic E-state index is 0.108. The molecule has 1 saturated carbocycles. The largest absolute Gasteiger partial charge is 0.493 e. The summed E-state index contributed by atoms with van der Waals surface area (Å²) in [4.78, 5) is 0. The van der Waals surface area contributed by atoms with Gasteiger partial charge in [0.15, 0.2) is 5.84 Å². The van der Waals surface area contributed by atoms with Gasteiger partial charge in [0.05, 0.1) is 6.61 Å². The molecule has 4 heteroatoms. The first-order chi connectivity index (χ1) is 7.70. The highest BCUT2D eigenvalue weighted by Gasteiger charge is 2.22. The van der Waals surface area contributed by atoms with Crippen molar-refractivity contribution in [2.75, 3.05) is 6.61 Å². The number of oxime groups is 1. The third-order valence-corrected chi connectivity index (χ3v) is 2.76. The standard InChI is InChI=1S/C12H16N2O2/c1-8-2-5-10(12(13)14-15)6-11(8)16-7-9-3-4-9/h2,5-6,9,15H,3-4,7H2,1H3,(H2,13,14). The maximum Gasteiger partial charge on any atom is 0.170 e. The fraction of sp³-hybridized carbons (Fsp3) is 0.417. The molecule has 0 radical (unpaired) electrons. The lowest BCUT2D eigenvalue weighted by Crippen LogP contribution is -2.13. The van der Waals surface area contributed by atoms with Crippen LogP contribution in [0.5, 0.6) is 5.75 Å². The molecule has 1 aromatic rings. The fourth-order valence-corrected chi connectivity index (χ4v) is 1.46. The van der Waals surface area contributed by atoms with Crippen molar-refractivity contribution in [3.05, 3.63) is 29.3 Å². The van der Waals surface area contributed by atoms with Crippen molar-refractivity contribution >= 4 is 5.84 Å². The normalized spacial score (nSPS) is 16.2. The minimum absolute atomic E-state index is 0.108. The van der Waals surface area contributed by atoms with Crippen LogP contribution in [0.4, 0.5) is 0 Å². The summed E-state index contributed by atoms with van der Waals surface area (Å²) in [7, 11) is 0. The van der Waals surface area contributed by atoms with Gasteiger partial charge in [-0.05, 0) is 37.3 Å². The molecule has 0 bridgehead atoms. The molecular formula is C12H16N2O2. The van der Waals surface area contributed by atoms with Gasteiger partial charge in [-0.1, -0.05) is 17.3 Å². The molecule has 1 fully saturated rings. The van der Waals surface area contributed by atoms with Crippen molar-refractivity contribution in [3.8, 4) is 5.75 Å². The quantitative estimate of drug-likeness (QED) is 0.352. The van der Waals surface area contributed by atoms with Crippen LogP contribution in [-0.2, 0) is 0 Å². The number of aryl methyl sites for hydroxylation is 1. The van der Waals surface area contributed by atoms with Crippen molar-refractivity contribution < 1.29 is 9.94 Å². The van der Waals surface area contributed by atoms with Crippen LogP contribution in [0.2, 0.25) is 0 Å². The zero-order valence-corrected chi connectivity index (χ0v) is 9.31. The molecule has 1 aliphatic rings. The third-order valence-electron chi connectivity index (χ3n) is 2.76. The summed E-state index contributed by atoms with van der Waals surface area (Å²) in [6.45, 7) is 2.75. The van der Waals surface area contributed by atoms with Gasteiger partial charge in [0.1, 0.15) is 5.75 Å². The molecule has 0 unspecified atom stereocenters. The molecule has 1 aromatic carbocycles. The lowest BCUT2D eigenvalue weighted by Gasteiger charge is -2.10. The molecule has 86 valence electrons. The molecule has 3 N–H and O–H groups in total. The van der Waals surface area contributed by atoms with Gasteiger partial charge in [0.25, 0.3) is 0 Å². The second-order valence-electron chi connectivity index (χ2n) is 4.22. The zero-order chi connectivity index (χ0) is 11.5. The van der Waals surface area contributed by atoms with E-state index in [0.717, 1.165) is 17.9 Å². The van der Waals surface area contributed by atoms with Gasteiger partial charge in [-0.2, -0.15) is 0 Å². The maximum atomic E-state index is 8.60. The Morgan fingerprint density at radius 3 is 2.94 bits per heavy atom. The van der Waals surface area contributed by atoms with Gasteiger partial charge in [0, 0.05) is 5.56 Å². The maximum absolute atomic E-state index is 8.60. The molecule has 4 nitrogen and oxygen atoms in total. The Balaban J connectivity index is 2.14. The van der Waals surface area contributed by atoms with Crippen LogP contribution in [0.25, 0.3) is 0 Å². The molecule has 1 aliphatic carbocycles. The molecule has 0 aliphatic heterocycles. The van der Waals surface area contributed by atoms with Crippen LogP contribution in [0.1, 0.15) is 24.0 Å². The molecule has 0 heterocycles. The summed E-state index contributed by atoms with van der Waals surface area (Å²) in [6.07, 6.45) is 2.53. The smallest absolute Gasteiger partial charge is 0.170 e. The summed E-state index contributed by atoms with van der Waals surface area (Å²) in [5.41, 5.74) is 7.27. The highest BCUT2D eigenvalue weighted by Crippen LogP contribution is 2.30. The number of rotatable bonds is 4. The molecule has 0 atom stereocenters. The fourth-order valence-electron chi connectivity index (χ4n) is 1.46. The lowest BCUT2D eigenvalue weighted by atomic mass is 10.1. The van der Waals surface area contributed by atoms with Crippen LogP contribution in [0, 0.1) is 12.8 Å². The summed E-state index contributed by atoms with van der Waals surface area (Å²) < 4.78 is 5.70. The van der Waals surface area contributed by atoms with E-state index in [1.54, 1.807) is 0 Å². The highest BCUT2D eigenvalue weighted by atomic mass is 16.5. The van der Waals surface area contributed by atoms with Crippen molar-refractivity contribution in [1.29, 1.82) is 0 Å². The van der Waals surface area contributed by atoms with E-state index >= 15 is 0 Å². The van der Waals surface area contributed by atoms with Gasteiger partial charge < -0.3 is 15.7 Å². The Morgan fingerprint density at radius 2 is 2.31 bits per heavy atom. The van der Waals surface area contributed by atoms with Gasteiger partial charge in [-0.3, -0.25) is 0 Å². The van der Waals surface area contributed by atoms with Crippen molar-refractivity contribution in [1.82, 2.24) is 0 Å². The summed E-state index contributed by atoms with van der Waals surface area (Å²) in [5.74, 6) is 1.64. The monoisotopic (exact) mass is 220 g/mol. The molecule has 0 spiro atoms. The molecule has 2 rings (SSSR count). The number of benzene rings is 1. The predicted octanol–water partition coefficient (Wildman–Crippen LogP) is 1.88. The topological polar surface area (TPSA) is 67.8 Å². The molecule has 0 saturated heterocycles. The molecular weight excluding hydrogens is 204 g/mol. The minimum Gasteiger partial charge on any atom is -0.493 e. The molecule has 16 heavy (non-hydrogen) atoms. The van der Waals surface area contributed by atoms with E-state index in [-0.39, 0.29) is 5.84 Å². The predicted molar refractivity (Wildman–Crippen MR) is 61.9 cm³/mol. The Morgan fingerprint density at radius 1 is 1.56 bits per heavy atom. The Bertz CT molecular complexity index is 411. The van der Waals surface area contributed by atoms with Gasteiger partial charge in [-0.25, -0.2) is 0 Å². The SMILES string of the molecule is Cc1ccc(/C(N)=N/O)cc1OCC1CC1. The van der Waals surface area contributed by atoms with Crippen LogP contribution in [-0.4, -0.2) is 17.6 Å². The summed E-state index contributed by atoms with van der Waals surface area (Å²) in [5, 5.41) is 11.6. The van der Waals surface area contributed by atoms with E-state index in [0.29, 0.717) is 11.5 Å². The summed E-state index contributed by atoms with van der Waals surface area (Å²) >= 11 is 0. The average Bonchev–Trinajstić information content (AvgIpc) is 3.11. The van der Waals surface area contributed by atoms with Gasteiger partial charge >= 0.3 is 0 Å². The van der Waals surface area contributed by atoms with Crippen LogP contribution >= 0.6 is 0 Å². The number of nitrogens with two attached hydrogens (primary N) is 1.